The van der Waals surface area contributed by atoms with Crippen molar-refractivity contribution in [2.75, 3.05) is 13.2 Å². The van der Waals surface area contributed by atoms with Crippen molar-refractivity contribution < 1.29 is 9.53 Å². The maximum absolute atomic E-state index is 12.3. The number of rotatable bonds is 6. The summed E-state index contributed by atoms with van der Waals surface area (Å²) in [6.07, 6.45) is 6.36. The summed E-state index contributed by atoms with van der Waals surface area (Å²) >= 11 is 0. The summed E-state index contributed by atoms with van der Waals surface area (Å²) in [5, 5.41) is 6.00. The molecule has 2 aromatic rings. The zero-order chi connectivity index (χ0) is 16.6. The molecule has 1 aliphatic heterocycles. The van der Waals surface area contributed by atoms with Crippen LogP contribution in [0.3, 0.4) is 0 Å². The number of nitrogens with one attached hydrogen (secondary N) is 2. The zero-order valence-electron chi connectivity index (χ0n) is 13.7. The second-order valence-electron chi connectivity index (χ2n) is 5.95. The Balaban J connectivity index is 1.55. The molecule has 0 radical (unpaired) electrons. The van der Waals surface area contributed by atoms with E-state index in [1.807, 2.05) is 42.5 Å². The summed E-state index contributed by atoms with van der Waals surface area (Å²) in [4.78, 5) is 16.3. The van der Waals surface area contributed by atoms with Gasteiger partial charge in [0.25, 0.3) is 0 Å². The van der Waals surface area contributed by atoms with Crippen molar-refractivity contribution >= 4 is 6.03 Å². The third-order valence-electron chi connectivity index (χ3n) is 4.23. The molecule has 0 aliphatic carbocycles. The number of carbonyl (C=O) groups excluding carboxylic acids is 1. The molecule has 2 atom stereocenters. The number of pyridine rings is 1. The molecule has 3 rings (SSSR count). The monoisotopic (exact) mass is 325 g/mol. The van der Waals surface area contributed by atoms with Gasteiger partial charge < -0.3 is 15.4 Å². The van der Waals surface area contributed by atoms with Crippen LogP contribution in [0.2, 0.25) is 0 Å². The fourth-order valence-electron chi connectivity index (χ4n) is 2.98. The van der Waals surface area contributed by atoms with E-state index in [0.717, 1.165) is 37.0 Å². The minimum atomic E-state index is -0.159. The van der Waals surface area contributed by atoms with Gasteiger partial charge in [0, 0.05) is 25.5 Å². The van der Waals surface area contributed by atoms with Gasteiger partial charge >= 0.3 is 6.03 Å². The van der Waals surface area contributed by atoms with Crippen LogP contribution in [0, 0.1) is 0 Å². The molecule has 1 aliphatic rings. The molecular formula is C19H23N3O2. The van der Waals surface area contributed by atoms with Crippen LogP contribution in [-0.2, 0) is 11.2 Å². The lowest BCUT2D eigenvalue weighted by molar-refractivity contribution is 0.0807. The molecular weight excluding hydrogens is 302 g/mol. The average Bonchev–Trinajstić information content (AvgIpc) is 3.16. The van der Waals surface area contributed by atoms with E-state index in [1.54, 1.807) is 12.4 Å². The van der Waals surface area contributed by atoms with E-state index in [2.05, 4.69) is 15.6 Å². The summed E-state index contributed by atoms with van der Waals surface area (Å²) in [5.74, 6) is 0. The van der Waals surface area contributed by atoms with Gasteiger partial charge in [-0.25, -0.2) is 4.79 Å². The molecule has 24 heavy (non-hydrogen) atoms. The summed E-state index contributed by atoms with van der Waals surface area (Å²) < 4.78 is 5.79. The first-order valence-corrected chi connectivity index (χ1v) is 8.43. The quantitative estimate of drug-likeness (QED) is 0.858. The second kappa shape index (κ2) is 8.45. The standard InChI is InChI=1S/C19H23N3O2/c23-19(21-13-10-15-8-11-20-12-9-15)22-18(17-7-4-14-24-17)16-5-2-1-3-6-16/h1-3,5-6,8-9,11-12,17-18H,4,7,10,13-14H2,(H2,21,22,23)/t17-,18+/m1/s1. The summed E-state index contributed by atoms with van der Waals surface area (Å²) in [5.41, 5.74) is 2.23. The van der Waals surface area contributed by atoms with E-state index in [-0.39, 0.29) is 18.2 Å². The first-order chi connectivity index (χ1) is 11.8. The topological polar surface area (TPSA) is 63.2 Å². The molecule has 1 aromatic carbocycles. The highest BCUT2D eigenvalue weighted by atomic mass is 16.5. The van der Waals surface area contributed by atoms with Crippen molar-refractivity contribution in [3.05, 3.63) is 66.0 Å². The van der Waals surface area contributed by atoms with Crippen LogP contribution in [0.1, 0.15) is 30.0 Å². The molecule has 0 unspecified atom stereocenters. The van der Waals surface area contributed by atoms with E-state index in [9.17, 15) is 4.79 Å². The van der Waals surface area contributed by atoms with Gasteiger partial charge in [0.1, 0.15) is 0 Å². The van der Waals surface area contributed by atoms with Gasteiger partial charge in [-0.1, -0.05) is 30.3 Å². The number of aromatic nitrogens is 1. The first kappa shape index (κ1) is 16.5. The van der Waals surface area contributed by atoms with Crippen LogP contribution in [0.25, 0.3) is 0 Å². The predicted octanol–water partition coefficient (Wildman–Crippen LogP) is 2.84. The number of ether oxygens (including phenoxy) is 1. The second-order valence-corrected chi connectivity index (χ2v) is 5.95. The van der Waals surface area contributed by atoms with Crippen molar-refractivity contribution in [3.63, 3.8) is 0 Å². The molecule has 1 aromatic heterocycles. The van der Waals surface area contributed by atoms with Crippen molar-refractivity contribution in [2.24, 2.45) is 0 Å². The minimum absolute atomic E-state index is 0.0401. The number of hydrogen-bond donors (Lipinski definition) is 2. The largest absolute Gasteiger partial charge is 0.376 e. The Labute approximate surface area is 142 Å². The highest BCUT2D eigenvalue weighted by molar-refractivity contribution is 5.74. The molecule has 2 heterocycles. The third-order valence-corrected chi connectivity index (χ3v) is 4.23. The Morgan fingerprint density at radius 1 is 1.21 bits per heavy atom. The molecule has 5 nitrogen and oxygen atoms in total. The van der Waals surface area contributed by atoms with Crippen molar-refractivity contribution in [3.8, 4) is 0 Å². The van der Waals surface area contributed by atoms with Gasteiger partial charge in [-0.3, -0.25) is 4.98 Å². The van der Waals surface area contributed by atoms with Crippen LogP contribution >= 0.6 is 0 Å². The highest BCUT2D eigenvalue weighted by Crippen LogP contribution is 2.26. The Morgan fingerprint density at radius 3 is 2.71 bits per heavy atom. The van der Waals surface area contributed by atoms with E-state index in [4.69, 9.17) is 4.74 Å². The van der Waals surface area contributed by atoms with Crippen molar-refractivity contribution in [1.82, 2.24) is 15.6 Å². The Hall–Kier alpha value is -2.40. The van der Waals surface area contributed by atoms with Gasteiger partial charge in [0.15, 0.2) is 0 Å². The number of nitrogens with zero attached hydrogens (tertiary/aromatic N) is 1. The van der Waals surface area contributed by atoms with Gasteiger partial charge in [0.2, 0.25) is 0 Å². The molecule has 0 saturated carbocycles. The van der Waals surface area contributed by atoms with E-state index >= 15 is 0 Å². The zero-order valence-corrected chi connectivity index (χ0v) is 13.7. The summed E-state index contributed by atoms with van der Waals surface area (Å²) in [7, 11) is 0. The number of carbonyl (C=O) groups is 1. The fraction of sp³-hybridized carbons (Fsp3) is 0.368. The fourth-order valence-corrected chi connectivity index (χ4v) is 2.98. The third kappa shape index (κ3) is 4.55. The average molecular weight is 325 g/mol. The van der Waals surface area contributed by atoms with E-state index in [1.165, 1.54) is 0 Å². The van der Waals surface area contributed by atoms with Gasteiger partial charge in [-0.2, -0.15) is 0 Å². The van der Waals surface area contributed by atoms with Crippen molar-refractivity contribution in [1.29, 1.82) is 0 Å². The lowest BCUT2D eigenvalue weighted by Gasteiger charge is -2.25. The SMILES string of the molecule is O=C(NCCc1ccncc1)N[C@@H](c1ccccc1)[C@H]1CCCO1. The predicted molar refractivity (Wildman–Crippen MR) is 92.6 cm³/mol. The Bertz CT molecular complexity index is 628. The Kier molecular flexibility index (Phi) is 5.80. The number of benzene rings is 1. The van der Waals surface area contributed by atoms with Gasteiger partial charge in [0.05, 0.1) is 12.1 Å². The van der Waals surface area contributed by atoms with Crippen LogP contribution in [0.4, 0.5) is 4.79 Å². The summed E-state index contributed by atoms with van der Waals surface area (Å²) in [6, 6.07) is 13.7. The molecule has 5 heteroatoms. The molecule has 0 spiro atoms. The molecule has 126 valence electrons. The van der Waals surface area contributed by atoms with E-state index in [0.29, 0.717) is 6.54 Å². The lowest BCUT2D eigenvalue weighted by Crippen LogP contribution is -2.42. The molecule has 0 bridgehead atoms. The summed E-state index contributed by atoms with van der Waals surface area (Å²) in [6.45, 7) is 1.35. The first-order valence-electron chi connectivity index (χ1n) is 8.43. The van der Waals surface area contributed by atoms with E-state index < -0.39 is 0 Å². The van der Waals surface area contributed by atoms with Crippen LogP contribution in [0.5, 0.6) is 0 Å². The smallest absolute Gasteiger partial charge is 0.315 e. The number of urea groups is 1. The van der Waals surface area contributed by atoms with Crippen LogP contribution < -0.4 is 10.6 Å². The molecule has 1 saturated heterocycles. The maximum Gasteiger partial charge on any atom is 0.315 e. The highest BCUT2D eigenvalue weighted by Gasteiger charge is 2.28. The number of amides is 2. The Morgan fingerprint density at radius 2 is 2.00 bits per heavy atom. The normalized spacial score (nSPS) is 18.1. The molecule has 1 fully saturated rings. The van der Waals surface area contributed by atoms with Crippen molar-refractivity contribution in [2.45, 2.75) is 31.4 Å². The maximum atomic E-state index is 12.3. The lowest BCUT2D eigenvalue weighted by atomic mass is 9.99. The van der Waals surface area contributed by atoms with Gasteiger partial charge in [-0.05, 0) is 42.5 Å². The number of hydrogen-bond acceptors (Lipinski definition) is 3. The molecule has 2 amide bonds. The molecule has 2 N–H and O–H groups in total. The van der Waals surface area contributed by atoms with Crippen LogP contribution in [0.15, 0.2) is 54.9 Å². The minimum Gasteiger partial charge on any atom is -0.376 e. The van der Waals surface area contributed by atoms with Crippen LogP contribution in [-0.4, -0.2) is 30.3 Å². The van der Waals surface area contributed by atoms with Gasteiger partial charge in [-0.15, -0.1) is 0 Å².